The molecule has 0 aliphatic carbocycles. The Balaban J connectivity index is 2.18. The monoisotopic (exact) mass is 302 g/mol. The molecule has 1 aromatic carbocycles. The Morgan fingerprint density at radius 2 is 2.11 bits per heavy atom. The van der Waals surface area contributed by atoms with Gasteiger partial charge >= 0.3 is 0 Å². The van der Waals surface area contributed by atoms with Crippen LogP contribution >= 0.6 is 15.9 Å². The first-order valence-corrected chi connectivity index (χ1v) is 6.34. The molecule has 0 aliphatic heterocycles. The molecule has 0 amide bonds. The van der Waals surface area contributed by atoms with Crippen LogP contribution in [0.2, 0.25) is 0 Å². The van der Waals surface area contributed by atoms with E-state index in [4.69, 9.17) is 4.74 Å². The summed E-state index contributed by atoms with van der Waals surface area (Å²) in [5, 5.41) is 0. The van der Waals surface area contributed by atoms with Crippen LogP contribution in [-0.4, -0.2) is 16.5 Å². The van der Waals surface area contributed by atoms with E-state index < -0.39 is 0 Å². The van der Waals surface area contributed by atoms with E-state index in [1.807, 2.05) is 47.1 Å². The van der Waals surface area contributed by atoms with E-state index in [2.05, 4.69) is 27.0 Å². The molecule has 3 nitrogen and oxygen atoms in total. The predicted octanol–water partition coefficient (Wildman–Crippen LogP) is 3.77. The number of fused-ring (bicyclic) bond motifs is 1. The van der Waals surface area contributed by atoms with Crippen molar-refractivity contribution in [2.45, 2.75) is 0 Å². The van der Waals surface area contributed by atoms with E-state index in [0.717, 1.165) is 27.1 Å². The molecule has 0 saturated carbocycles. The van der Waals surface area contributed by atoms with Crippen LogP contribution in [0.1, 0.15) is 0 Å². The summed E-state index contributed by atoms with van der Waals surface area (Å²) < 4.78 is 8.30. The van der Waals surface area contributed by atoms with Gasteiger partial charge in [0.15, 0.2) is 0 Å². The number of nitrogens with zero attached hydrogens (tertiary/aromatic N) is 2. The Hall–Kier alpha value is -1.81. The molecule has 3 aromatic rings. The topological polar surface area (TPSA) is 26.5 Å². The maximum absolute atomic E-state index is 5.21. The van der Waals surface area contributed by atoms with Gasteiger partial charge in [-0.05, 0) is 18.2 Å². The number of imidazole rings is 1. The van der Waals surface area contributed by atoms with Gasteiger partial charge in [0.25, 0.3) is 0 Å². The molecule has 2 heterocycles. The van der Waals surface area contributed by atoms with Crippen LogP contribution in [0.15, 0.2) is 53.3 Å². The minimum Gasteiger partial charge on any atom is -0.497 e. The average molecular weight is 303 g/mol. The molecular formula is C14H11BrN2O. The van der Waals surface area contributed by atoms with Gasteiger partial charge in [0.05, 0.1) is 18.8 Å². The van der Waals surface area contributed by atoms with Gasteiger partial charge in [-0.3, -0.25) is 4.40 Å². The van der Waals surface area contributed by atoms with Crippen LogP contribution < -0.4 is 4.74 Å². The number of rotatable bonds is 2. The maximum Gasteiger partial charge on any atom is 0.144 e. The van der Waals surface area contributed by atoms with Crippen LogP contribution in [0.3, 0.4) is 0 Å². The number of hydrogen-bond donors (Lipinski definition) is 0. The third-order valence-electron chi connectivity index (χ3n) is 2.82. The Labute approximate surface area is 113 Å². The van der Waals surface area contributed by atoms with E-state index in [1.54, 1.807) is 7.11 Å². The first kappa shape index (κ1) is 11.3. The standard InChI is InChI=1S/C14H11BrN2O/c1-18-13-5-6-17-12(8-13)9-16-14(17)10-3-2-4-11(15)7-10/h2-9H,1H3. The summed E-state index contributed by atoms with van der Waals surface area (Å²) in [6.45, 7) is 0. The Morgan fingerprint density at radius 3 is 2.89 bits per heavy atom. The first-order valence-electron chi connectivity index (χ1n) is 5.55. The number of hydrogen-bond acceptors (Lipinski definition) is 2. The summed E-state index contributed by atoms with van der Waals surface area (Å²) in [6.07, 6.45) is 3.82. The summed E-state index contributed by atoms with van der Waals surface area (Å²) in [5.41, 5.74) is 2.10. The lowest BCUT2D eigenvalue weighted by Crippen LogP contribution is -1.90. The van der Waals surface area contributed by atoms with Gasteiger partial charge in [-0.1, -0.05) is 28.1 Å². The number of ether oxygens (including phenoxy) is 1. The fraction of sp³-hybridized carbons (Fsp3) is 0.0714. The average Bonchev–Trinajstić information content (AvgIpc) is 2.81. The zero-order valence-corrected chi connectivity index (χ0v) is 11.4. The lowest BCUT2D eigenvalue weighted by molar-refractivity contribution is 0.414. The van der Waals surface area contributed by atoms with Crippen LogP contribution in [0.5, 0.6) is 5.75 Å². The van der Waals surface area contributed by atoms with Crippen molar-refractivity contribution in [1.82, 2.24) is 9.38 Å². The SMILES string of the molecule is COc1ccn2c(-c3cccc(Br)c3)ncc2c1. The van der Waals surface area contributed by atoms with Crippen molar-refractivity contribution in [3.05, 3.63) is 53.3 Å². The molecule has 2 aromatic heterocycles. The van der Waals surface area contributed by atoms with Gasteiger partial charge in [-0.15, -0.1) is 0 Å². The van der Waals surface area contributed by atoms with Crippen molar-refractivity contribution in [2.24, 2.45) is 0 Å². The molecule has 0 fully saturated rings. The van der Waals surface area contributed by atoms with E-state index in [-0.39, 0.29) is 0 Å². The third kappa shape index (κ3) is 1.88. The minimum atomic E-state index is 0.836. The Bertz CT molecular complexity index is 706. The molecule has 18 heavy (non-hydrogen) atoms. The zero-order valence-electron chi connectivity index (χ0n) is 9.80. The van der Waals surface area contributed by atoms with Gasteiger partial charge in [0.2, 0.25) is 0 Å². The largest absolute Gasteiger partial charge is 0.497 e. The maximum atomic E-state index is 5.21. The smallest absolute Gasteiger partial charge is 0.144 e. The molecule has 0 atom stereocenters. The molecule has 0 N–H and O–H groups in total. The summed E-state index contributed by atoms with van der Waals surface area (Å²) in [5.74, 6) is 1.76. The second-order valence-corrected chi connectivity index (χ2v) is 4.87. The van der Waals surface area contributed by atoms with Crippen LogP contribution in [0.4, 0.5) is 0 Å². The molecule has 0 aliphatic rings. The van der Waals surface area contributed by atoms with Crippen molar-refractivity contribution < 1.29 is 4.74 Å². The number of benzene rings is 1. The van der Waals surface area contributed by atoms with E-state index in [1.165, 1.54) is 0 Å². The highest BCUT2D eigenvalue weighted by Gasteiger charge is 2.07. The van der Waals surface area contributed by atoms with Gasteiger partial charge in [-0.25, -0.2) is 4.98 Å². The Kier molecular flexibility index (Phi) is 2.80. The normalized spacial score (nSPS) is 10.8. The van der Waals surface area contributed by atoms with Crippen molar-refractivity contribution in [2.75, 3.05) is 7.11 Å². The lowest BCUT2D eigenvalue weighted by Gasteiger charge is -2.04. The van der Waals surface area contributed by atoms with E-state index >= 15 is 0 Å². The molecular weight excluding hydrogens is 292 g/mol. The van der Waals surface area contributed by atoms with Crippen molar-refractivity contribution in [3.8, 4) is 17.1 Å². The van der Waals surface area contributed by atoms with Gasteiger partial charge in [0, 0.05) is 22.3 Å². The first-order chi connectivity index (χ1) is 8.78. The fourth-order valence-electron chi connectivity index (χ4n) is 1.95. The number of aromatic nitrogens is 2. The molecule has 4 heteroatoms. The molecule has 0 saturated heterocycles. The highest BCUT2D eigenvalue weighted by molar-refractivity contribution is 9.10. The molecule has 90 valence electrons. The van der Waals surface area contributed by atoms with Crippen molar-refractivity contribution in [3.63, 3.8) is 0 Å². The highest BCUT2D eigenvalue weighted by atomic mass is 79.9. The van der Waals surface area contributed by atoms with E-state index in [0.29, 0.717) is 0 Å². The summed E-state index contributed by atoms with van der Waals surface area (Å²) >= 11 is 3.48. The van der Waals surface area contributed by atoms with Crippen LogP contribution in [0.25, 0.3) is 16.9 Å². The van der Waals surface area contributed by atoms with Gasteiger partial charge < -0.3 is 4.74 Å². The molecule has 0 spiro atoms. The highest BCUT2D eigenvalue weighted by Crippen LogP contribution is 2.24. The van der Waals surface area contributed by atoms with Gasteiger partial charge in [0.1, 0.15) is 11.6 Å². The van der Waals surface area contributed by atoms with Crippen LogP contribution in [0, 0.1) is 0 Å². The quantitative estimate of drug-likeness (QED) is 0.720. The van der Waals surface area contributed by atoms with Crippen LogP contribution in [-0.2, 0) is 0 Å². The second-order valence-electron chi connectivity index (χ2n) is 3.95. The molecule has 0 bridgehead atoms. The van der Waals surface area contributed by atoms with Gasteiger partial charge in [-0.2, -0.15) is 0 Å². The minimum absolute atomic E-state index is 0.836. The predicted molar refractivity (Wildman–Crippen MR) is 74.9 cm³/mol. The molecule has 0 radical (unpaired) electrons. The third-order valence-corrected chi connectivity index (χ3v) is 3.32. The summed E-state index contributed by atoms with van der Waals surface area (Å²) in [7, 11) is 1.66. The van der Waals surface area contributed by atoms with Crippen molar-refractivity contribution >= 4 is 21.4 Å². The number of methoxy groups -OCH3 is 1. The van der Waals surface area contributed by atoms with Crippen molar-refractivity contribution in [1.29, 1.82) is 0 Å². The lowest BCUT2D eigenvalue weighted by atomic mass is 10.2. The van der Waals surface area contributed by atoms with E-state index in [9.17, 15) is 0 Å². The molecule has 3 rings (SSSR count). The summed E-state index contributed by atoms with van der Waals surface area (Å²) in [4.78, 5) is 4.47. The number of halogens is 1. The summed E-state index contributed by atoms with van der Waals surface area (Å²) in [6, 6.07) is 12.0. The molecule has 0 unspecified atom stereocenters. The second kappa shape index (κ2) is 4.46. The zero-order chi connectivity index (χ0) is 12.5. The Morgan fingerprint density at radius 1 is 1.22 bits per heavy atom. The number of pyridine rings is 1. The fourth-order valence-corrected chi connectivity index (χ4v) is 2.35.